The summed E-state index contributed by atoms with van der Waals surface area (Å²) >= 11 is 0. The normalized spacial score (nSPS) is 20.1. The third-order valence-electron chi connectivity index (χ3n) is 3.96. The van der Waals surface area contributed by atoms with Crippen LogP contribution in [0.15, 0.2) is 29.7 Å². The maximum Gasteiger partial charge on any atom is 0.178 e. The summed E-state index contributed by atoms with van der Waals surface area (Å²) < 4.78 is 23.8. The summed E-state index contributed by atoms with van der Waals surface area (Å²) in [6.45, 7) is 1.56. The predicted molar refractivity (Wildman–Crippen MR) is 80.7 cm³/mol. The molecule has 2 aromatic heterocycles. The molecule has 1 saturated heterocycles. The van der Waals surface area contributed by atoms with Crippen LogP contribution in [0.25, 0.3) is 0 Å². The van der Waals surface area contributed by atoms with Gasteiger partial charge in [0, 0.05) is 31.4 Å². The molecule has 3 rings (SSSR count). The Kier molecular flexibility index (Phi) is 4.21. The van der Waals surface area contributed by atoms with E-state index in [4.69, 9.17) is 0 Å². The van der Waals surface area contributed by atoms with E-state index >= 15 is 0 Å². The molecule has 1 N–H and O–H groups in total. The molecule has 1 atom stereocenters. The van der Waals surface area contributed by atoms with Gasteiger partial charge < -0.3 is 0 Å². The van der Waals surface area contributed by atoms with Gasteiger partial charge in [-0.2, -0.15) is 5.10 Å². The molecular formula is C14H19N5O2S. The van der Waals surface area contributed by atoms with E-state index in [0.29, 0.717) is 17.1 Å². The van der Waals surface area contributed by atoms with Crippen LogP contribution >= 0.6 is 0 Å². The van der Waals surface area contributed by atoms with Crippen molar-refractivity contribution in [3.63, 3.8) is 0 Å². The Balaban J connectivity index is 1.89. The van der Waals surface area contributed by atoms with Gasteiger partial charge >= 0.3 is 0 Å². The zero-order chi connectivity index (χ0) is 15.6. The summed E-state index contributed by atoms with van der Waals surface area (Å²) in [5.74, 6) is 0. The number of aromatic amines is 1. The summed E-state index contributed by atoms with van der Waals surface area (Å²) in [5.41, 5.74) is 1.57. The van der Waals surface area contributed by atoms with Gasteiger partial charge in [0.05, 0.1) is 23.6 Å². The van der Waals surface area contributed by atoms with E-state index in [1.807, 2.05) is 0 Å². The molecule has 118 valence electrons. The molecule has 1 aliphatic heterocycles. The molecule has 0 amide bonds. The number of aromatic nitrogens is 4. The number of likely N-dealkylation sites (tertiary alicyclic amines) is 1. The van der Waals surface area contributed by atoms with E-state index < -0.39 is 9.84 Å². The van der Waals surface area contributed by atoms with Crippen molar-refractivity contribution in [2.75, 3.05) is 12.8 Å². The van der Waals surface area contributed by atoms with Crippen LogP contribution in [-0.4, -0.2) is 46.3 Å². The van der Waals surface area contributed by atoms with Crippen LogP contribution in [0.2, 0.25) is 0 Å². The average molecular weight is 321 g/mol. The smallest absolute Gasteiger partial charge is 0.178 e. The molecular weight excluding hydrogens is 302 g/mol. The summed E-state index contributed by atoms with van der Waals surface area (Å²) in [5, 5.41) is 6.84. The van der Waals surface area contributed by atoms with Crippen molar-refractivity contribution in [3.8, 4) is 0 Å². The predicted octanol–water partition coefficient (Wildman–Crippen LogP) is 1.33. The zero-order valence-electron chi connectivity index (χ0n) is 12.4. The minimum absolute atomic E-state index is 0.0166. The minimum Gasteiger partial charge on any atom is -0.289 e. The fraction of sp³-hybridized carbons (Fsp3) is 0.500. The van der Waals surface area contributed by atoms with Crippen LogP contribution in [-0.2, 0) is 16.4 Å². The van der Waals surface area contributed by atoms with Gasteiger partial charge in [-0.1, -0.05) is 6.42 Å². The standard InChI is InChI=1S/C14H19N5O2S/c1-22(20,21)13-9-17-18-14(13)12-4-2-3-7-19(12)10-11-8-15-5-6-16-11/h5-6,8-9,12H,2-4,7,10H2,1H3,(H,17,18). The van der Waals surface area contributed by atoms with Crippen molar-refractivity contribution in [2.24, 2.45) is 0 Å². The number of sulfone groups is 1. The fourth-order valence-electron chi connectivity index (χ4n) is 2.95. The molecule has 1 aliphatic rings. The first-order valence-corrected chi connectivity index (χ1v) is 9.17. The molecule has 8 heteroatoms. The van der Waals surface area contributed by atoms with Crippen molar-refractivity contribution in [3.05, 3.63) is 36.2 Å². The van der Waals surface area contributed by atoms with Crippen LogP contribution in [0.3, 0.4) is 0 Å². The number of H-pyrrole nitrogens is 1. The number of piperidine rings is 1. The lowest BCUT2D eigenvalue weighted by Gasteiger charge is -2.35. The average Bonchev–Trinajstić information content (AvgIpc) is 2.98. The second kappa shape index (κ2) is 6.13. The van der Waals surface area contributed by atoms with Crippen LogP contribution in [0.5, 0.6) is 0 Å². The monoisotopic (exact) mass is 321 g/mol. The molecule has 1 unspecified atom stereocenters. The lowest BCUT2D eigenvalue weighted by Crippen LogP contribution is -2.34. The summed E-state index contributed by atoms with van der Waals surface area (Å²) in [7, 11) is -3.28. The van der Waals surface area contributed by atoms with Crippen LogP contribution < -0.4 is 0 Å². The first kappa shape index (κ1) is 15.1. The Morgan fingerprint density at radius 1 is 1.32 bits per heavy atom. The molecule has 0 bridgehead atoms. The first-order valence-electron chi connectivity index (χ1n) is 7.28. The lowest BCUT2D eigenvalue weighted by molar-refractivity contribution is 0.133. The second-order valence-electron chi connectivity index (χ2n) is 5.60. The highest BCUT2D eigenvalue weighted by Gasteiger charge is 2.30. The van der Waals surface area contributed by atoms with E-state index in [2.05, 4.69) is 25.1 Å². The van der Waals surface area contributed by atoms with Gasteiger partial charge in [0.25, 0.3) is 0 Å². The lowest BCUT2D eigenvalue weighted by atomic mass is 9.99. The molecule has 0 aromatic carbocycles. The van der Waals surface area contributed by atoms with Crippen molar-refractivity contribution in [1.29, 1.82) is 0 Å². The highest BCUT2D eigenvalue weighted by atomic mass is 32.2. The molecule has 0 radical (unpaired) electrons. The van der Waals surface area contributed by atoms with Crippen LogP contribution in [0.4, 0.5) is 0 Å². The summed E-state index contributed by atoms with van der Waals surface area (Å²) in [4.78, 5) is 10.9. The van der Waals surface area contributed by atoms with E-state index in [0.717, 1.165) is 31.5 Å². The van der Waals surface area contributed by atoms with Crippen molar-refractivity contribution in [2.45, 2.75) is 36.7 Å². The van der Waals surface area contributed by atoms with Crippen molar-refractivity contribution in [1.82, 2.24) is 25.1 Å². The Labute approximate surface area is 129 Å². The summed E-state index contributed by atoms with van der Waals surface area (Å²) in [6.07, 6.45) is 10.8. The number of nitrogens with zero attached hydrogens (tertiary/aromatic N) is 4. The number of rotatable bonds is 4. The SMILES string of the molecule is CS(=O)(=O)c1cn[nH]c1C1CCCCN1Cc1cnccn1. The largest absolute Gasteiger partial charge is 0.289 e. The highest BCUT2D eigenvalue weighted by molar-refractivity contribution is 7.90. The quantitative estimate of drug-likeness (QED) is 0.913. The van der Waals surface area contributed by atoms with Gasteiger partial charge in [-0.15, -0.1) is 0 Å². The topological polar surface area (TPSA) is 91.8 Å². The molecule has 0 saturated carbocycles. The zero-order valence-corrected chi connectivity index (χ0v) is 13.3. The number of hydrogen-bond donors (Lipinski definition) is 1. The Bertz CT molecular complexity index is 729. The Morgan fingerprint density at radius 2 is 2.18 bits per heavy atom. The number of hydrogen-bond acceptors (Lipinski definition) is 6. The van der Waals surface area contributed by atoms with Gasteiger partial charge in [0.1, 0.15) is 4.90 Å². The van der Waals surface area contributed by atoms with Gasteiger partial charge in [0.2, 0.25) is 0 Å². The van der Waals surface area contributed by atoms with Gasteiger partial charge in [-0.3, -0.25) is 20.0 Å². The third-order valence-corrected chi connectivity index (χ3v) is 5.08. The van der Waals surface area contributed by atoms with E-state index in [-0.39, 0.29) is 6.04 Å². The Morgan fingerprint density at radius 3 is 2.91 bits per heavy atom. The van der Waals surface area contributed by atoms with Crippen LogP contribution in [0.1, 0.15) is 36.7 Å². The van der Waals surface area contributed by atoms with Gasteiger partial charge in [0.15, 0.2) is 9.84 Å². The second-order valence-corrected chi connectivity index (χ2v) is 7.58. The first-order chi connectivity index (χ1) is 10.6. The fourth-order valence-corrected chi connectivity index (χ4v) is 3.77. The molecule has 1 fully saturated rings. The minimum atomic E-state index is -3.28. The molecule has 0 aliphatic carbocycles. The Hall–Kier alpha value is -1.80. The third kappa shape index (κ3) is 3.17. The van der Waals surface area contributed by atoms with Crippen molar-refractivity contribution < 1.29 is 8.42 Å². The van der Waals surface area contributed by atoms with Crippen molar-refractivity contribution >= 4 is 9.84 Å². The maximum atomic E-state index is 11.9. The summed E-state index contributed by atoms with van der Waals surface area (Å²) in [6, 6.07) is 0.0166. The van der Waals surface area contributed by atoms with Crippen LogP contribution in [0, 0.1) is 0 Å². The molecule has 7 nitrogen and oxygen atoms in total. The highest BCUT2D eigenvalue weighted by Crippen LogP contribution is 2.33. The van der Waals surface area contributed by atoms with Gasteiger partial charge in [-0.05, 0) is 19.4 Å². The van der Waals surface area contributed by atoms with Gasteiger partial charge in [-0.25, -0.2) is 8.42 Å². The van der Waals surface area contributed by atoms with E-state index in [9.17, 15) is 8.42 Å². The maximum absolute atomic E-state index is 11.9. The van der Waals surface area contributed by atoms with E-state index in [1.165, 1.54) is 12.5 Å². The van der Waals surface area contributed by atoms with E-state index in [1.54, 1.807) is 18.6 Å². The number of nitrogens with one attached hydrogen (secondary N) is 1. The molecule has 0 spiro atoms. The molecule has 2 aromatic rings. The molecule has 3 heterocycles. The molecule has 22 heavy (non-hydrogen) atoms.